The van der Waals surface area contributed by atoms with Crippen molar-refractivity contribution in [1.29, 1.82) is 0 Å². The maximum absolute atomic E-state index is 12.3. The minimum Gasteiger partial charge on any atom is -0.409 e. The maximum Gasteiger partial charge on any atom is 0.256 e. The van der Waals surface area contributed by atoms with E-state index in [2.05, 4.69) is 31.5 Å². The Morgan fingerprint density at radius 3 is 2.86 bits per heavy atom. The Bertz CT molecular complexity index is 723. The van der Waals surface area contributed by atoms with Crippen molar-refractivity contribution in [3.05, 3.63) is 45.6 Å². The van der Waals surface area contributed by atoms with Gasteiger partial charge < -0.3 is 16.3 Å². The lowest BCUT2D eigenvalue weighted by atomic mass is 10.1. The maximum atomic E-state index is 12.3. The van der Waals surface area contributed by atoms with Crippen LogP contribution < -0.4 is 11.1 Å². The monoisotopic (exact) mass is 351 g/mol. The van der Waals surface area contributed by atoms with Crippen LogP contribution in [0.1, 0.15) is 21.5 Å². The van der Waals surface area contributed by atoms with Crippen molar-refractivity contribution in [1.82, 2.24) is 9.78 Å². The average Bonchev–Trinajstić information content (AvgIpc) is 2.82. The van der Waals surface area contributed by atoms with E-state index in [1.165, 1.54) is 10.9 Å². The van der Waals surface area contributed by atoms with Crippen LogP contribution in [0.5, 0.6) is 0 Å². The number of rotatable bonds is 3. The number of amides is 1. The van der Waals surface area contributed by atoms with Crippen molar-refractivity contribution in [2.45, 2.75) is 6.92 Å². The molecule has 2 aromatic rings. The second-order valence-electron chi connectivity index (χ2n) is 4.43. The number of nitrogens with zero attached hydrogens (tertiary/aromatic N) is 3. The summed E-state index contributed by atoms with van der Waals surface area (Å²) < 4.78 is 2.28. The molecule has 0 aliphatic carbocycles. The molecule has 0 spiro atoms. The molecular weight excluding hydrogens is 338 g/mol. The molecule has 0 radical (unpaired) electrons. The van der Waals surface area contributed by atoms with Crippen LogP contribution in [0.25, 0.3) is 0 Å². The highest BCUT2D eigenvalue weighted by Gasteiger charge is 2.16. The fourth-order valence-electron chi connectivity index (χ4n) is 1.74. The quantitative estimate of drug-likeness (QED) is 0.339. The summed E-state index contributed by atoms with van der Waals surface area (Å²) in [6, 6.07) is 5.28. The predicted molar refractivity (Wildman–Crippen MR) is 82.6 cm³/mol. The summed E-state index contributed by atoms with van der Waals surface area (Å²) in [4.78, 5) is 12.3. The standard InChI is InChI=1S/C13H14BrN5O2/c1-7-3-4-8(5-10(7)14)13(20)17-12-9(11(15)18-21)6-16-19(12)2/h3-6,21H,1-2H3,(H2,15,18)(H,17,20). The number of benzene rings is 1. The molecule has 4 N–H and O–H groups in total. The zero-order valence-electron chi connectivity index (χ0n) is 11.5. The first-order valence-electron chi connectivity index (χ1n) is 6.01. The Kier molecular flexibility index (Phi) is 4.27. The van der Waals surface area contributed by atoms with Crippen molar-refractivity contribution in [3.8, 4) is 0 Å². The third kappa shape index (κ3) is 3.05. The average molecular weight is 352 g/mol. The van der Waals surface area contributed by atoms with Crippen LogP contribution in [-0.4, -0.2) is 26.7 Å². The molecule has 2 rings (SSSR count). The zero-order chi connectivity index (χ0) is 15.6. The van der Waals surface area contributed by atoms with E-state index in [1.54, 1.807) is 19.2 Å². The van der Waals surface area contributed by atoms with Crippen LogP contribution in [0.2, 0.25) is 0 Å². The molecule has 0 saturated heterocycles. The van der Waals surface area contributed by atoms with Crippen LogP contribution in [0.15, 0.2) is 34.0 Å². The molecule has 8 heteroatoms. The zero-order valence-corrected chi connectivity index (χ0v) is 13.0. The Morgan fingerprint density at radius 2 is 2.24 bits per heavy atom. The van der Waals surface area contributed by atoms with Crippen molar-refractivity contribution < 1.29 is 10.0 Å². The van der Waals surface area contributed by atoms with Crippen molar-refractivity contribution in [2.24, 2.45) is 17.9 Å². The van der Waals surface area contributed by atoms with E-state index in [0.717, 1.165) is 10.0 Å². The molecule has 7 nitrogen and oxygen atoms in total. The minimum atomic E-state index is -0.314. The Morgan fingerprint density at radius 1 is 1.52 bits per heavy atom. The largest absolute Gasteiger partial charge is 0.409 e. The number of aryl methyl sites for hydroxylation is 2. The second kappa shape index (κ2) is 5.96. The summed E-state index contributed by atoms with van der Waals surface area (Å²) >= 11 is 3.39. The molecule has 110 valence electrons. The third-order valence-corrected chi connectivity index (χ3v) is 3.84. The first-order valence-corrected chi connectivity index (χ1v) is 6.80. The third-order valence-electron chi connectivity index (χ3n) is 2.99. The highest BCUT2D eigenvalue weighted by Crippen LogP contribution is 2.19. The molecule has 1 amide bonds. The smallest absolute Gasteiger partial charge is 0.256 e. The Balaban J connectivity index is 2.31. The summed E-state index contributed by atoms with van der Waals surface area (Å²) in [5.74, 6) is -0.0817. The fraction of sp³-hybridized carbons (Fsp3) is 0.154. The van der Waals surface area contributed by atoms with Crippen LogP contribution in [-0.2, 0) is 7.05 Å². The Hall–Kier alpha value is -2.35. The van der Waals surface area contributed by atoms with Crippen LogP contribution in [0.4, 0.5) is 5.82 Å². The molecule has 0 atom stereocenters. The molecule has 0 saturated carbocycles. The van der Waals surface area contributed by atoms with Gasteiger partial charge in [0.2, 0.25) is 0 Å². The first kappa shape index (κ1) is 15.0. The predicted octanol–water partition coefficient (Wildman–Crippen LogP) is 1.84. The number of amidine groups is 1. The number of nitrogens with two attached hydrogens (primary N) is 1. The lowest BCUT2D eigenvalue weighted by molar-refractivity contribution is 0.102. The van der Waals surface area contributed by atoms with Gasteiger partial charge in [-0.05, 0) is 24.6 Å². The summed E-state index contributed by atoms with van der Waals surface area (Å²) in [6.07, 6.45) is 1.41. The number of carbonyl (C=O) groups is 1. The van der Waals surface area contributed by atoms with Gasteiger partial charge in [0.1, 0.15) is 5.82 Å². The fourth-order valence-corrected chi connectivity index (χ4v) is 2.12. The summed E-state index contributed by atoms with van der Waals surface area (Å²) in [5, 5.41) is 18.4. The lowest BCUT2D eigenvalue weighted by Crippen LogP contribution is -2.20. The van der Waals surface area contributed by atoms with E-state index in [0.29, 0.717) is 16.9 Å². The van der Waals surface area contributed by atoms with E-state index in [4.69, 9.17) is 10.9 Å². The lowest BCUT2D eigenvalue weighted by Gasteiger charge is -2.09. The number of halogens is 1. The van der Waals surface area contributed by atoms with Gasteiger partial charge in [-0.2, -0.15) is 5.10 Å². The highest BCUT2D eigenvalue weighted by atomic mass is 79.9. The minimum absolute atomic E-state index is 0.122. The van der Waals surface area contributed by atoms with Gasteiger partial charge in [-0.3, -0.25) is 9.48 Å². The molecular formula is C13H14BrN5O2. The van der Waals surface area contributed by atoms with E-state index in [-0.39, 0.29) is 11.7 Å². The molecule has 1 heterocycles. The van der Waals surface area contributed by atoms with Crippen molar-refractivity contribution >= 4 is 33.5 Å². The van der Waals surface area contributed by atoms with E-state index in [9.17, 15) is 4.79 Å². The van der Waals surface area contributed by atoms with Gasteiger partial charge in [0.25, 0.3) is 5.91 Å². The number of oxime groups is 1. The molecule has 0 aliphatic rings. The van der Waals surface area contributed by atoms with E-state index >= 15 is 0 Å². The SMILES string of the molecule is Cc1ccc(C(=O)Nc2c(/C(N)=N/O)cnn2C)cc1Br. The van der Waals surface area contributed by atoms with Gasteiger partial charge in [-0.1, -0.05) is 27.2 Å². The highest BCUT2D eigenvalue weighted by molar-refractivity contribution is 9.10. The topological polar surface area (TPSA) is 106 Å². The summed E-state index contributed by atoms with van der Waals surface area (Å²) in [7, 11) is 1.65. The number of nitrogens with one attached hydrogen (secondary N) is 1. The number of carbonyl (C=O) groups excluding carboxylic acids is 1. The molecule has 0 bridgehead atoms. The first-order chi connectivity index (χ1) is 9.93. The van der Waals surface area contributed by atoms with Crippen LogP contribution in [0.3, 0.4) is 0 Å². The number of hydrogen-bond acceptors (Lipinski definition) is 4. The number of hydrogen-bond donors (Lipinski definition) is 3. The molecule has 21 heavy (non-hydrogen) atoms. The summed E-state index contributed by atoms with van der Waals surface area (Å²) in [5.41, 5.74) is 7.42. The normalized spacial score (nSPS) is 11.5. The van der Waals surface area contributed by atoms with Gasteiger partial charge in [0, 0.05) is 17.1 Å². The van der Waals surface area contributed by atoms with Crippen LogP contribution >= 0.6 is 15.9 Å². The van der Waals surface area contributed by atoms with Crippen LogP contribution in [0, 0.1) is 6.92 Å². The van der Waals surface area contributed by atoms with Gasteiger partial charge in [0.15, 0.2) is 5.84 Å². The van der Waals surface area contributed by atoms with Gasteiger partial charge in [-0.15, -0.1) is 0 Å². The molecule has 0 unspecified atom stereocenters. The number of anilines is 1. The Labute approximate surface area is 129 Å². The molecule has 0 fully saturated rings. The van der Waals surface area contributed by atoms with Gasteiger partial charge in [0.05, 0.1) is 11.8 Å². The molecule has 0 aliphatic heterocycles. The van der Waals surface area contributed by atoms with E-state index < -0.39 is 0 Å². The van der Waals surface area contributed by atoms with Gasteiger partial charge in [-0.25, -0.2) is 0 Å². The molecule has 1 aromatic carbocycles. The number of aromatic nitrogens is 2. The van der Waals surface area contributed by atoms with Crippen molar-refractivity contribution in [3.63, 3.8) is 0 Å². The molecule has 1 aromatic heterocycles. The van der Waals surface area contributed by atoms with Crippen molar-refractivity contribution in [2.75, 3.05) is 5.32 Å². The second-order valence-corrected chi connectivity index (χ2v) is 5.29. The van der Waals surface area contributed by atoms with E-state index in [1.807, 2.05) is 13.0 Å². The summed E-state index contributed by atoms with van der Waals surface area (Å²) in [6.45, 7) is 1.93. The van der Waals surface area contributed by atoms with Gasteiger partial charge >= 0.3 is 0 Å².